The van der Waals surface area contributed by atoms with Crippen molar-refractivity contribution in [2.45, 2.75) is 0 Å². The van der Waals surface area contributed by atoms with Crippen LogP contribution in [0.4, 0.5) is 0 Å². The first kappa shape index (κ1) is 28.2. The van der Waals surface area contributed by atoms with E-state index in [0.29, 0.717) is 0 Å². The summed E-state index contributed by atoms with van der Waals surface area (Å²) in [6, 6.07) is 65.4. The molecule has 55 heavy (non-hydrogen) atoms. The third-order valence-corrected chi connectivity index (χ3v) is 12.7. The number of nitrogens with zero attached hydrogens (tertiary/aromatic N) is 3. The number of fused-ring (bicyclic) bond motifs is 18. The molecular weight excluding hydrogens is 667 g/mol. The van der Waals surface area contributed by atoms with E-state index in [-0.39, 0.29) is 0 Å². The Kier molecular flexibility index (Phi) is 5.01. The summed E-state index contributed by atoms with van der Waals surface area (Å²) in [7, 11) is 0. The molecule has 0 aliphatic carbocycles. The molecule has 14 aromatic rings. The fourth-order valence-electron chi connectivity index (χ4n) is 10.6. The molecule has 3 nitrogen and oxygen atoms in total. The maximum absolute atomic E-state index is 2.60. The van der Waals surface area contributed by atoms with Gasteiger partial charge in [-0.15, -0.1) is 0 Å². The zero-order valence-electron chi connectivity index (χ0n) is 29.6. The predicted octanol–water partition coefficient (Wildman–Crippen LogP) is 13.9. The third-order valence-electron chi connectivity index (χ3n) is 12.7. The summed E-state index contributed by atoms with van der Waals surface area (Å²) in [4.78, 5) is 0. The van der Waals surface area contributed by atoms with Crippen molar-refractivity contribution in [3.8, 4) is 16.8 Å². The summed E-state index contributed by atoms with van der Waals surface area (Å²) < 4.78 is 7.51. The number of rotatable bonds is 2. The van der Waals surface area contributed by atoms with E-state index < -0.39 is 0 Å². The van der Waals surface area contributed by atoms with Crippen LogP contribution < -0.4 is 0 Å². The zero-order valence-corrected chi connectivity index (χ0v) is 29.6. The van der Waals surface area contributed by atoms with Crippen molar-refractivity contribution in [1.82, 2.24) is 13.4 Å². The number of aromatic nitrogens is 3. The van der Waals surface area contributed by atoms with Gasteiger partial charge in [0.1, 0.15) is 0 Å². The Morgan fingerprint density at radius 1 is 0.291 bits per heavy atom. The second kappa shape index (κ2) is 9.79. The van der Waals surface area contributed by atoms with Crippen LogP contribution in [0.1, 0.15) is 0 Å². The van der Waals surface area contributed by atoms with E-state index in [2.05, 4.69) is 189 Å². The lowest BCUT2D eigenvalue weighted by Gasteiger charge is -2.09. The molecule has 0 spiro atoms. The van der Waals surface area contributed by atoms with Gasteiger partial charge in [-0.3, -0.25) is 0 Å². The number of para-hydroxylation sites is 5. The van der Waals surface area contributed by atoms with Gasteiger partial charge in [-0.1, -0.05) is 121 Å². The topological polar surface area (TPSA) is 13.8 Å². The van der Waals surface area contributed by atoms with Crippen molar-refractivity contribution in [1.29, 1.82) is 0 Å². The van der Waals surface area contributed by atoms with E-state index in [1.54, 1.807) is 0 Å². The molecule has 14 rings (SSSR count). The van der Waals surface area contributed by atoms with E-state index in [0.717, 1.165) is 0 Å². The summed E-state index contributed by atoms with van der Waals surface area (Å²) in [5.74, 6) is 0. The second-order valence-corrected chi connectivity index (χ2v) is 15.2. The van der Waals surface area contributed by atoms with E-state index in [1.165, 1.54) is 126 Å². The Morgan fingerprint density at radius 2 is 0.909 bits per heavy atom. The molecule has 0 unspecified atom stereocenters. The minimum absolute atomic E-state index is 1.17. The Labute approximate surface area is 313 Å². The molecule has 9 aromatic carbocycles. The molecule has 0 amide bonds. The largest absolute Gasteiger partial charge is 0.309 e. The molecule has 0 saturated carbocycles. The molecule has 0 N–H and O–H groups in total. The van der Waals surface area contributed by atoms with Crippen LogP contribution in [0.15, 0.2) is 176 Å². The van der Waals surface area contributed by atoms with Gasteiger partial charge in [-0.2, -0.15) is 0 Å². The average molecular weight is 696 g/mol. The predicted molar refractivity (Wildman–Crippen MR) is 233 cm³/mol. The van der Waals surface area contributed by atoms with Crippen molar-refractivity contribution in [2.75, 3.05) is 0 Å². The van der Waals surface area contributed by atoms with Crippen LogP contribution in [0.25, 0.3) is 126 Å². The summed E-state index contributed by atoms with van der Waals surface area (Å²) in [6.07, 6.45) is 0. The third kappa shape index (κ3) is 3.31. The summed E-state index contributed by atoms with van der Waals surface area (Å²) >= 11 is 0. The van der Waals surface area contributed by atoms with Gasteiger partial charge in [0.05, 0.1) is 44.1 Å². The van der Waals surface area contributed by atoms with Crippen molar-refractivity contribution in [3.63, 3.8) is 0 Å². The fraction of sp³-hybridized carbons (Fsp3) is 0. The molecule has 0 fully saturated rings. The Bertz CT molecular complexity index is 3930. The number of hydrogen-bond donors (Lipinski definition) is 0. The van der Waals surface area contributed by atoms with Crippen LogP contribution in [0.2, 0.25) is 0 Å². The summed E-state index contributed by atoms with van der Waals surface area (Å²) in [5, 5.41) is 15.7. The molecule has 0 bridgehead atoms. The summed E-state index contributed by atoms with van der Waals surface area (Å²) in [5.41, 5.74) is 13.8. The number of hydrogen-bond acceptors (Lipinski definition) is 0. The first-order chi connectivity index (χ1) is 27.3. The lowest BCUT2D eigenvalue weighted by molar-refractivity contribution is 1.18. The highest BCUT2D eigenvalue weighted by Crippen LogP contribution is 2.50. The minimum atomic E-state index is 1.17. The highest BCUT2D eigenvalue weighted by Gasteiger charge is 2.26. The highest BCUT2D eigenvalue weighted by molar-refractivity contribution is 6.40. The van der Waals surface area contributed by atoms with Gasteiger partial charge in [0.2, 0.25) is 0 Å². The molecule has 252 valence electrons. The molecule has 0 saturated heterocycles. The summed E-state index contributed by atoms with van der Waals surface area (Å²) in [6.45, 7) is 0. The molecular formula is C52H29N3. The first-order valence-corrected chi connectivity index (χ1v) is 19.1. The first-order valence-electron chi connectivity index (χ1n) is 19.1. The van der Waals surface area contributed by atoms with Gasteiger partial charge in [0.15, 0.2) is 0 Å². The Morgan fingerprint density at radius 3 is 1.76 bits per heavy atom. The molecule has 0 radical (unpaired) electrons. The van der Waals surface area contributed by atoms with Gasteiger partial charge in [0, 0.05) is 65.1 Å². The molecule has 0 aliphatic rings. The lowest BCUT2D eigenvalue weighted by Crippen LogP contribution is -1.93. The van der Waals surface area contributed by atoms with Crippen molar-refractivity contribution < 1.29 is 0 Å². The van der Waals surface area contributed by atoms with Gasteiger partial charge < -0.3 is 13.4 Å². The molecule has 0 aliphatic heterocycles. The SMILES string of the molecule is c1ccc(-n2c3ccccc3c3cc(-c4cccc5c6cc7ccccc7c7c8c9c%10cccc%11c%12ccccc%12n(c9ccc8n(c45)c67)c%11%10)ccc32)cc1. The fourth-order valence-corrected chi connectivity index (χ4v) is 10.6. The normalized spacial score (nSPS) is 12.7. The maximum Gasteiger partial charge on any atom is 0.0627 e. The monoisotopic (exact) mass is 695 g/mol. The quantitative estimate of drug-likeness (QED) is 0.171. The van der Waals surface area contributed by atoms with E-state index in [9.17, 15) is 0 Å². The second-order valence-electron chi connectivity index (χ2n) is 15.2. The minimum Gasteiger partial charge on any atom is -0.309 e. The molecule has 5 aromatic heterocycles. The van der Waals surface area contributed by atoms with E-state index >= 15 is 0 Å². The molecule has 3 heteroatoms. The Balaban J connectivity index is 1.16. The number of benzene rings is 9. The van der Waals surface area contributed by atoms with Gasteiger partial charge in [0.25, 0.3) is 0 Å². The van der Waals surface area contributed by atoms with Crippen LogP contribution >= 0.6 is 0 Å². The van der Waals surface area contributed by atoms with Crippen molar-refractivity contribution >= 4 is 109 Å². The van der Waals surface area contributed by atoms with Crippen molar-refractivity contribution in [2.24, 2.45) is 0 Å². The van der Waals surface area contributed by atoms with Gasteiger partial charge in [-0.05, 0) is 70.9 Å². The average Bonchev–Trinajstić information content (AvgIpc) is 4.03. The van der Waals surface area contributed by atoms with Crippen LogP contribution in [-0.2, 0) is 0 Å². The standard InChI is InChI=1S/C52H29N3/c1-2-13-32(14-3-1)53-42-22-8-7-17-36(42)40-28-31(24-25-44(40)53)34-18-10-20-38-41-29-30-12-4-5-15-33(30)48-49-46(55(50(34)38)52(41)48)27-26-45-47(49)39-21-11-19-37-35-16-6-9-23-43(35)54(45)51(37)39/h1-29H. The smallest absolute Gasteiger partial charge is 0.0627 e. The van der Waals surface area contributed by atoms with Gasteiger partial charge in [-0.25, -0.2) is 0 Å². The maximum atomic E-state index is 2.60. The van der Waals surface area contributed by atoms with E-state index in [4.69, 9.17) is 0 Å². The zero-order chi connectivity index (χ0) is 35.5. The molecule has 5 heterocycles. The lowest BCUT2D eigenvalue weighted by atomic mass is 9.96. The van der Waals surface area contributed by atoms with Crippen molar-refractivity contribution in [3.05, 3.63) is 176 Å². The van der Waals surface area contributed by atoms with Gasteiger partial charge >= 0.3 is 0 Å². The van der Waals surface area contributed by atoms with Crippen LogP contribution in [-0.4, -0.2) is 13.4 Å². The van der Waals surface area contributed by atoms with Crippen LogP contribution in [0, 0.1) is 0 Å². The van der Waals surface area contributed by atoms with Crippen LogP contribution in [0.3, 0.4) is 0 Å². The molecule has 0 atom stereocenters. The highest BCUT2D eigenvalue weighted by atomic mass is 15.0. The Hall–Kier alpha value is -7.36. The van der Waals surface area contributed by atoms with Crippen LogP contribution in [0.5, 0.6) is 0 Å². The van der Waals surface area contributed by atoms with E-state index in [1.807, 2.05) is 0 Å².